The summed E-state index contributed by atoms with van der Waals surface area (Å²) in [5.74, 6) is -0.911. The summed E-state index contributed by atoms with van der Waals surface area (Å²) in [5, 5.41) is 5.62. The number of benzene rings is 2. The number of Topliss-reactive ketones (excluding diaryl/α,β-unsaturated/α-hetero) is 2. The summed E-state index contributed by atoms with van der Waals surface area (Å²) >= 11 is 0. The quantitative estimate of drug-likeness (QED) is 0.439. The molecule has 2 aromatic carbocycles. The lowest BCUT2D eigenvalue weighted by atomic mass is 9.89. The third kappa shape index (κ3) is 6.37. The first kappa shape index (κ1) is 25.6. The number of methoxy groups -OCH3 is 1. The van der Waals surface area contributed by atoms with E-state index in [0.29, 0.717) is 38.0 Å². The minimum absolute atomic E-state index is 0.0389. The molecule has 2 aromatic rings. The maximum Gasteiger partial charge on any atom is 0.224 e. The van der Waals surface area contributed by atoms with Crippen molar-refractivity contribution in [3.8, 4) is 5.75 Å². The molecule has 2 saturated heterocycles. The number of epoxide rings is 1. The Morgan fingerprint density at radius 2 is 1.75 bits per heavy atom. The molecule has 0 aliphatic carbocycles. The normalized spacial score (nSPS) is 22.3. The minimum Gasteiger partial charge on any atom is -0.497 e. The molecule has 0 unspecified atom stereocenters. The highest BCUT2D eigenvalue weighted by Crippen LogP contribution is 2.29. The van der Waals surface area contributed by atoms with Crippen LogP contribution in [0.2, 0.25) is 0 Å². The number of carbonyl (C=O) groups is 4. The number of amides is 2. The predicted octanol–water partition coefficient (Wildman–Crippen LogP) is 2.18. The van der Waals surface area contributed by atoms with Gasteiger partial charge in [0.25, 0.3) is 0 Å². The molecule has 2 fully saturated rings. The van der Waals surface area contributed by atoms with E-state index < -0.39 is 23.6 Å². The van der Waals surface area contributed by atoms with Gasteiger partial charge in [0.05, 0.1) is 25.8 Å². The van der Waals surface area contributed by atoms with Crippen molar-refractivity contribution < 1.29 is 28.7 Å². The summed E-state index contributed by atoms with van der Waals surface area (Å²) in [6.07, 6.45) is 1.33. The van der Waals surface area contributed by atoms with Crippen molar-refractivity contribution in [3.63, 3.8) is 0 Å². The van der Waals surface area contributed by atoms with Crippen LogP contribution >= 0.6 is 0 Å². The molecule has 4 atom stereocenters. The first-order valence-corrected chi connectivity index (χ1v) is 12.2. The lowest BCUT2D eigenvalue weighted by Gasteiger charge is -2.24. The molecule has 2 amide bonds. The Balaban J connectivity index is 1.53. The average Bonchev–Trinajstić information content (AvgIpc) is 3.49. The summed E-state index contributed by atoms with van der Waals surface area (Å²) in [6.45, 7) is 2.04. The highest BCUT2D eigenvalue weighted by molar-refractivity contribution is 5.98. The molecule has 8 nitrogen and oxygen atoms in total. The SMILES string of the molecule is COc1ccc(C[C@H](CC(=O)[C@H]2CCC(=O)N2)C(=O)N[C@@H](Cc2ccccc2)C(=O)[C@@]2(C)CO2)cc1. The van der Waals surface area contributed by atoms with E-state index in [9.17, 15) is 19.2 Å². The van der Waals surface area contributed by atoms with E-state index in [1.807, 2.05) is 42.5 Å². The van der Waals surface area contributed by atoms with E-state index in [1.54, 1.807) is 26.2 Å². The Bertz CT molecular complexity index is 1110. The zero-order chi connectivity index (χ0) is 25.7. The smallest absolute Gasteiger partial charge is 0.224 e. The second kappa shape index (κ2) is 11.0. The molecule has 4 rings (SSSR count). The van der Waals surface area contributed by atoms with Gasteiger partial charge < -0.3 is 20.1 Å². The number of ether oxygens (including phenoxy) is 2. The van der Waals surface area contributed by atoms with Gasteiger partial charge in [-0.2, -0.15) is 0 Å². The van der Waals surface area contributed by atoms with Crippen molar-refractivity contribution in [3.05, 3.63) is 65.7 Å². The Labute approximate surface area is 210 Å². The summed E-state index contributed by atoms with van der Waals surface area (Å²) in [5.41, 5.74) is 0.877. The Morgan fingerprint density at radius 1 is 1.08 bits per heavy atom. The third-order valence-corrected chi connectivity index (χ3v) is 6.86. The second-order valence-corrected chi connectivity index (χ2v) is 9.71. The summed E-state index contributed by atoms with van der Waals surface area (Å²) in [6, 6.07) is 15.4. The molecule has 0 aromatic heterocycles. The maximum atomic E-state index is 13.6. The lowest BCUT2D eigenvalue weighted by Crippen LogP contribution is -2.50. The van der Waals surface area contributed by atoms with Crippen molar-refractivity contribution in [1.82, 2.24) is 10.6 Å². The Hall–Kier alpha value is -3.52. The van der Waals surface area contributed by atoms with Crippen molar-refractivity contribution in [1.29, 1.82) is 0 Å². The van der Waals surface area contributed by atoms with Gasteiger partial charge in [-0.1, -0.05) is 42.5 Å². The molecule has 2 aliphatic rings. The molecular weight excluding hydrogens is 460 g/mol. The van der Waals surface area contributed by atoms with Crippen LogP contribution < -0.4 is 15.4 Å². The van der Waals surface area contributed by atoms with Crippen molar-refractivity contribution in [2.24, 2.45) is 5.92 Å². The average molecular weight is 493 g/mol. The Kier molecular flexibility index (Phi) is 7.84. The number of nitrogens with one attached hydrogen (secondary N) is 2. The largest absolute Gasteiger partial charge is 0.497 e. The van der Waals surface area contributed by atoms with Crippen molar-refractivity contribution >= 4 is 23.4 Å². The van der Waals surface area contributed by atoms with E-state index in [0.717, 1.165) is 11.1 Å². The third-order valence-electron chi connectivity index (χ3n) is 6.86. The van der Waals surface area contributed by atoms with Gasteiger partial charge in [-0.15, -0.1) is 0 Å². The molecule has 0 spiro atoms. The molecule has 2 aliphatic heterocycles. The fourth-order valence-electron chi connectivity index (χ4n) is 4.51. The summed E-state index contributed by atoms with van der Waals surface area (Å²) < 4.78 is 10.6. The topological polar surface area (TPSA) is 114 Å². The molecular formula is C28H32N2O6. The van der Waals surface area contributed by atoms with Crippen LogP contribution in [0.15, 0.2) is 54.6 Å². The second-order valence-electron chi connectivity index (χ2n) is 9.71. The van der Waals surface area contributed by atoms with Crippen LogP contribution in [0, 0.1) is 5.92 Å². The highest BCUT2D eigenvalue weighted by Gasteiger charge is 2.50. The summed E-state index contributed by atoms with van der Waals surface area (Å²) in [7, 11) is 1.58. The van der Waals surface area contributed by atoms with Crippen LogP contribution in [0.5, 0.6) is 5.75 Å². The molecule has 0 radical (unpaired) electrons. The van der Waals surface area contributed by atoms with Crippen LogP contribution in [0.4, 0.5) is 0 Å². The van der Waals surface area contributed by atoms with Gasteiger partial charge in [0.2, 0.25) is 11.8 Å². The maximum absolute atomic E-state index is 13.6. The first-order valence-electron chi connectivity index (χ1n) is 12.2. The van der Waals surface area contributed by atoms with Gasteiger partial charge in [0, 0.05) is 18.8 Å². The fraction of sp³-hybridized carbons (Fsp3) is 0.429. The summed E-state index contributed by atoms with van der Waals surface area (Å²) in [4.78, 5) is 51.4. The minimum atomic E-state index is -0.901. The molecule has 8 heteroatoms. The molecule has 0 saturated carbocycles. The number of carbonyl (C=O) groups excluding carboxylic acids is 4. The number of hydrogen-bond donors (Lipinski definition) is 2. The molecule has 2 N–H and O–H groups in total. The van der Waals surface area contributed by atoms with E-state index >= 15 is 0 Å². The van der Waals surface area contributed by atoms with Gasteiger partial charge in [-0.25, -0.2) is 0 Å². The van der Waals surface area contributed by atoms with E-state index in [2.05, 4.69) is 10.6 Å². The fourth-order valence-corrected chi connectivity index (χ4v) is 4.51. The molecule has 0 bridgehead atoms. The highest BCUT2D eigenvalue weighted by atomic mass is 16.6. The van der Waals surface area contributed by atoms with Gasteiger partial charge >= 0.3 is 0 Å². The van der Waals surface area contributed by atoms with Crippen LogP contribution in [0.3, 0.4) is 0 Å². The van der Waals surface area contributed by atoms with E-state index in [-0.39, 0.29) is 29.8 Å². The number of hydrogen-bond acceptors (Lipinski definition) is 6. The van der Waals surface area contributed by atoms with Crippen LogP contribution in [-0.2, 0) is 36.8 Å². The van der Waals surface area contributed by atoms with Crippen LogP contribution in [-0.4, -0.2) is 54.8 Å². The van der Waals surface area contributed by atoms with Gasteiger partial charge in [0.15, 0.2) is 11.6 Å². The monoisotopic (exact) mass is 492 g/mol. The zero-order valence-electron chi connectivity index (χ0n) is 20.6. The van der Waals surface area contributed by atoms with Gasteiger partial charge in [-0.3, -0.25) is 19.2 Å². The number of ketones is 2. The Morgan fingerprint density at radius 3 is 2.33 bits per heavy atom. The lowest BCUT2D eigenvalue weighted by molar-refractivity contribution is -0.134. The van der Waals surface area contributed by atoms with E-state index in [1.165, 1.54) is 0 Å². The van der Waals surface area contributed by atoms with Crippen molar-refractivity contribution in [2.75, 3.05) is 13.7 Å². The van der Waals surface area contributed by atoms with Crippen LogP contribution in [0.25, 0.3) is 0 Å². The van der Waals surface area contributed by atoms with Crippen molar-refractivity contribution in [2.45, 2.75) is 56.7 Å². The van der Waals surface area contributed by atoms with Gasteiger partial charge in [-0.05, 0) is 49.4 Å². The molecule has 190 valence electrons. The van der Waals surface area contributed by atoms with E-state index in [4.69, 9.17) is 9.47 Å². The predicted molar refractivity (Wildman–Crippen MR) is 132 cm³/mol. The zero-order valence-corrected chi connectivity index (χ0v) is 20.6. The molecule has 36 heavy (non-hydrogen) atoms. The molecule has 2 heterocycles. The first-order chi connectivity index (χ1) is 17.3. The standard InChI is InChI=1S/C28H32N2O6/c1-28(17-36-28)26(33)23(15-18-6-4-3-5-7-18)30-27(34)20(14-19-8-10-21(35-2)11-9-19)16-24(31)22-12-13-25(32)29-22/h3-11,20,22-23H,12-17H2,1-2H3,(H,29,32)(H,30,34)/t20-,22-,23+,28-/m1/s1. The van der Waals surface area contributed by atoms with Crippen LogP contribution in [0.1, 0.15) is 37.3 Å². The number of rotatable bonds is 12. The van der Waals surface area contributed by atoms with Gasteiger partial charge in [0.1, 0.15) is 11.4 Å².